The largest absolute Gasteiger partial charge is 0.875 e. The van der Waals surface area contributed by atoms with Crippen LogP contribution in [0.1, 0.15) is 140 Å². The molecular weight excluding hydrogens is 1040 g/mol. The monoisotopic (exact) mass is 1110 g/mol. The van der Waals surface area contributed by atoms with E-state index in [4.69, 9.17) is 4.74 Å². The van der Waals surface area contributed by atoms with Crippen LogP contribution < -0.4 is 41.3 Å². The molecule has 5 aliphatic rings. The van der Waals surface area contributed by atoms with Crippen molar-refractivity contribution in [1.29, 1.82) is 0 Å². The second-order valence-corrected chi connectivity index (χ2v) is 20.9. The molecule has 0 spiro atoms. The third-order valence-corrected chi connectivity index (χ3v) is 14.0. The fraction of sp³-hybridized carbons (Fsp3) is 0.348. The summed E-state index contributed by atoms with van der Waals surface area (Å²) in [5, 5.41) is 54.7. The van der Waals surface area contributed by atoms with Gasteiger partial charge in [0.05, 0.1) is 6.61 Å². The molecule has 0 saturated carbocycles. The molecule has 0 radical (unpaired) electrons. The lowest BCUT2D eigenvalue weighted by Gasteiger charge is -2.49. The van der Waals surface area contributed by atoms with Crippen LogP contribution in [-0.4, -0.2) is 85.1 Å². The molecule has 6 aromatic rings. The zero-order chi connectivity index (χ0) is 59.5. The van der Waals surface area contributed by atoms with E-state index in [2.05, 4.69) is 51.8 Å². The van der Waals surface area contributed by atoms with E-state index in [0.29, 0.717) is 72.7 Å². The molecule has 0 aromatic heterocycles. The molecule has 2 unspecified atom stereocenters. The molecule has 0 fully saturated rings. The highest BCUT2D eigenvalue weighted by atomic mass is 16.5. The molecule has 11 rings (SSSR count). The van der Waals surface area contributed by atoms with Gasteiger partial charge in [-0.1, -0.05) is 100 Å². The number of carbonyl (C=O) groups excluding carboxylic acids is 5. The van der Waals surface area contributed by atoms with Crippen molar-refractivity contribution in [2.45, 2.75) is 107 Å². The highest BCUT2D eigenvalue weighted by Crippen LogP contribution is 2.37. The first-order valence-corrected chi connectivity index (χ1v) is 28.1. The SMILES string of the molecule is CCCN(CCC)c1cc(O)c(C)c(O)c1.CCCN(CCOCC(C)=O)c1ccc(C2=C([O-])C(C)C2[O-])cc1.Cc1cc2cc(c1)C(=O)NCc1ccc(cc1)CNC(=O)c1cc(C)cc(c1)C(=O)NCc1ccc(cc1)CNC2=O. The Labute approximate surface area is 482 Å². The van der Waals surface area contributed by atoms with Gasteiger partial charge in [-0.2, -0.15) is 0 Å². The molecule has 8 bridgehead atoms. The maximum absolute atomic E-state index is 12.9. The Morgan fingerprint density at radius 1 is 0.537 bits per heavy atom. The van der Waals surface area contributed by atoms with E-state index in [0.717, 1.165) is 89.2 Å². The van der Waals surface area contributed by atoms with Gasteiger partial charge in [0, 0.05) is 104 Å². The molecule has 6 N–H and O–H groups in total. The lowest BCUT2D eigenvalue weighted by molar-refractivity contribution is -0.437. The van der Waals surface area contributed by atoms with Crippen LogP contribution in [0.4, 0.5) is 11.4 Å². The summed E-state index contributed by atoms with van der Waals surface area (Å²) < 4.78 is 5.34. The van der Waals surface area contributed by atoms with Crippen LogP contribution in [0.2, 0.25) is 0 Å². The Hall–Kier alpha value is -8.47. The topological polar surface area (TPSA) is 236 Å². The predicted molar refractivity (Wildman–Crippen MR) is 318 cm³/mol. The number of nitrogens with one attached hydrogen (secondary N) is 4. The van der Waals surface area contributed by atoms with Crippen LogP contribution in [0, 0.1) is 26.7 Å². The lowest BCUT2D eigenvalue weighted by atomic mass is 9.78. The Balaban J connectivity index is 0.000000227. The normalized spacial score (nSPS) is 15.3. The van der Waals surface area contributed by atoms with Crippen LogP contribution in [0.5, 0.6) is 11.5 Å². The van der Waals surface area contributed by atoms with Crippen LogP contribution in [0.15, 0.2) is 127 Å². The number of ketones is 1. The maximum Gasteiger partial charge on any atom is 0.251 e. The second kappa shape index (κ2) is 30.4. The first-order valence-electron chi connectivity index (χ1n) is 28.1. The molecule has 16 nitrogen and oxygen atoms in total. The number of anilines is 2. The number of amides is 4. The van der Waals surface area contributed by atoms with E-state index < -0.39 is 12.0 Å². The van der Waals surface area contributed by atoms with Gasteiger partial charge >= 0.3 is 0 Å². The number of Topliss-reactive ketones (excluding diaryl/α,β-unsaturated/α-hetero) is 1. The fourth-order valence-electron chi connectivity index (χ4n) is 9.41. The molecule has 1 aliphatic carbocycles. The average Bonchev–Trinajstić information content (AvgIpc) is 3.47. The Morgan fingerprint density at radius 2 is 0.890 bits per heavy atom. The number of nitrogens with zero attached hydrogens (tertiary/aromatic N) is 2. The summed E-state index contributed by atoms with van der Waals surface area (Å²) in [4.78, 5) is 66.9. The molecular formula is C66H78N6O10-2. The van der Waals surface area contributed by atoms with Gasteiger partial charge in [-0.3, -0.25) is 24.0 Å². The number of hydrogen-bond acceptors (Lipinski definition) is 12. The third-order valence-electron chi connectivity index (χ3n) is 14.0. The van der Waals surface area contributed by atoms with E-state index in [1.165, 1.54) is 6.92 Å². The highest BCUT2D eigenvalue weighted by Gasteiger charge is 2.24. The molecule has 434 valence electrons. The van der Waals surface area contributed by atoms with Gasteiger partial charge in [-0.15, -0.1) is 5.76 Å². The van der Waals surface area contributed by atoms with E-state index in [-0.39, 0.29) is 53.3 Å². The molecule has 6 aromatic carbocycles. The van der Waals surface area contributed by atoms with Crippen molar-refractivity contribution in [3.63, 3.8) is 0 Å². The zero-order valence-corrected chi connectivity index (χ0v) is 48.4. The number of aryl methyl sites for hydroxylation is 2. The number of benzene rings is 6. The number of hydrogen-bond donors (Lipinski definition) is 6. The van der Waals surface area contributed by atoms with Crippen molar-refractivity contribution in [3.8, 4) is 11.5 Å². The Morgan fingerprint density at radius 3 is 1.22 bits per heavy atom. The van der Waals surface area contributed by atoms with Crippen molar-refractivity contribution in [1.82, 2.24) is 21.3 Å². The van der Waals surface area contributed by atoms with Crippen molar-refractivity contribution >= 4 is 46.4 Å². The van der Waals surface area contributed by atoms with Crippen molar-refractivity contribution in [2.75, 3.05) is 49.2 Å². The molecule has 4 amide bonds. The molecule has 0 saturated heterocycles. The fourth-order valence-corrected chi connectivity index (χ4v) is 9.41. The predicted octanol–water partition coefficient (Wildman–Crippen LogP) is 8.33. The number of phenolic OH excluding ortho intramolecular Hbond substituents is 2. The quantitative estimate of drug-likeness (QED) is 0.0565. The van der Waals surface area contributed by atoms with E-state index in [1.54, 1.807) is 62.4 Å². The standard InChI is InChI=1S/C34H32N4O4.C19H26NO4.C13H21NO2/c1-21-11-27-15-28(12-21)32(40)36-18-24-5-9-26(10-6-24)20-38-34(42)30-14-22(2)13-29(16-30)33(41)37-19-25-7-3-23(4-8-25)17-35-31(27)39;1-4-9-20(10-11-24-12-13(2)21)16-7-5-15(6-8-16)17-18(22)14(3)19(17)23;1-4-6-14(7-5-2)11-8-12(15)10(3)13(16)9-11/h3-16H,17-20H2,1-2H3,(H,35,39)(H,36,40)(H,37,41)(H,38,42);5-8,14,18,23H,4,9-12H2,1-3H3;8-9,15-16H,4-7H2,1-3H3/q;-1;/p-1. The molecule has 16 heteroatoms. The van der Waals surface area contributed by atoms with E-state index in [1.807, 2.05) is 86.6 Å². The minimum atomic E-state index is -0.907. The van der Waals surface area contributed by atoms with Crippen LogP contribution in [0.3, 0.4) is 0 Å². The number of aromatic hydroxyl groups is 2. The average molecular weight is 1120 g/mol. The first-order chi connectivity index (χ1) is 39.3. The summed E-state index contributed by atoms with van der Waals surface area (Å²) in [6.07, 6.45) is 2.19. The van der Waals surface area contributed by atoms with Gasteiger partial charge in [0.2, 0.25) is 0 Å². The van der Waals surface area contributed by atoms with Crippen LogP contribution >= 0.6 is 0 Å². The van der Waals surface area contributed by atoms with Crippen LogP contribution in [0.25, 0.3) is 5.57 Å². The summed E-state index contributed by atoms with van der Waals surface area (Å²) in [6, 6.07) is 36.3. The number of phenols is 2. The van der Waals surface area contributed by atoms with Gasteiger partial charge in [-0.05, 0) is 140 Å². The summed E-state index contributed by atoms with van der Waals surface area (Å²) >= 11 is 0. The lowest BCUT2D eigenvalue weighted by Crippen LogP contribution is -2.47. The van der Waals surface area contributed by atoms with E-state index >= 15 is 0 Å². The smallest absolute Gasteiger partial charge is 0.251 e. The molecule has 4 heterocycles. The zero-order valence-electron chi connectivity index (χ0n) is 48.4. The number of carbonyl (C=O) groups is 5. The maximum atomic E-state index is 12.9. The van der Waals surface area contributed by atoms with Crippen molar-refractivity contribution < 1.29 is 49.1 Å². The minimum absolute atomic E-state index is 0.0185. The summed E-state index contributed by atoms with van der Waals surface area (Å²) in [6.45, 7) is 20.2. The van der Waals surface area contributed by atoms with Gasteiger partial charge in [0.25, 0.3) is 23.6 Å². The highest BCUT2D eigenvalue weighted by molar-refractivity contribution is 6.01. The number of ether oxygens (including phenoxy) is 1. The molecule has 4 aliphatic heterocycles. The summed E-state index contributed by atoms with van der Waals surface area (Å²) in [7, 11) is 0. The van der Waals surface area contributed by atoms with Crippen molar-refractivity contribution in [2.24, 2.45) is 5.92 Å². The van der Waals surface area contributed by atoms with Gasteiger partial charge in [0.1, 0.15) is 18.1 Å². The minimum Gasteiger partial charge on any atom is -0.875 e. The Bertz CT molecular complexity index is 2930. The van der Waals surface area contributed by atoms with Crippen molar-refractivity contribution in [3.05, 3.63) is 194 Å². The summed E-state index contributed by atoms with van der Waals surface area (Å²) in [5.41, 5.74) is 10.4. The summed E-state index contributed by atoms with van der Waals surface area (Å²) in [5.74, 6) is -1.20. The number of rotatable bonds is 14. The first kappa shape index (κ1) is 62.7. The second-order valence-electron chi connectivity index (χ2n) is 20.9. The van der Waals surface area contributed by atoms with E-state index in [9.17, 15) is 44.4 Å². The van der Waals surface area contributed by atoms with Gasteiger partial charge in [0.15, 0.2) is 5.78 Å². The Kier molecular flexibility index (Phi) is 23.2. The van der Waals surface area contributed by atoms with Gasteiger partial charge in [-0.25, -0.2) is 0 Å². The third kappa shape index (κ3) is 17.8. The van der Waals surface area contributed by atoms with Crippen LogP contribution in [-0.2, 0) is 35.7 Å². The molecule has 2 atom stereocenters. The van der Waals surface area contributed by atoms with Gasteiger partial charge < -0.3 is 56.2 Å². The molecule has 82 heavy (non-hydrogen) atoms.